The van der Waals surface area contributed by atoms with Crippen LogP contribution >= 0.6 is 11.6 Å². The SMILES string of the molecule is Cc1nn(-c2cccc(COc3cc(OCc4cncc(C#N)c4)c(CNC(C)(CO)C(=O)O)cc3Cl)c2C)c(C)c1CN1CC[C@@H](O)C1. The molecule has 1 saturated heterocycles. The van der Waals surface area contributed by atoms with Gasteiger partial charge in [-0.2, -0.15) is 10.4 Å². The van der Waals surface area contributed by atoms with E-state index in [0.717, 1.165) is 53.3 Å². The van der Waals surface area contributed by atoms with Crippen LogP contribution in [0.2, 0.25) is 5.02 Å². The highest BCUT2D eigenvalue weighted by Crippen LogP contribution is 2.35. The normalized spacial score (nSPS) is 15.9. The highest BCUT2D eigenvalue weighted by atomic mass is 35.5. The number of β-amino-alcohol motifs (C(OH)–C–C–N with tert-alkyl or cyclic N) is 1. The standard InChI is InChI=1S/C36H41ClN6O6/c1-22-27(6-5-7-32(22)43-24(3)30(23(2)41-43)18-42-9-8-29(45)17-42)20-49-34-12-33(48-19-26-10-25(13-38)14-39-15-26)28(11-31(34)37)16-40-36(4,21-44)35(46)47/h5-7,10-12,14-15,29,40,44-45H,8-9,16-21H2,1-4H3,(H,46,47)/t29-,36?/m1/s1. The van der Waals surface area contributed by atoms with Gasteiger partial charge in [-0.15, -0.1) is 0 Å². The molecular formula is C36H41ClN6O6. The molecule has 2 aromatic heterocycles. The van der Waals surface area contributed by atoms with Gasteiger partial charge in [0.25, 0.3) is 0 Å². The van der Waals surface area contributed by atoms with Crippen molar-refractivity contribution in [2.75, 3.05) is 19.7 Å². The third-order valence-electron chi connectivity index (χ3n) is 8.99. The summed E-state index contributed by atoms with van der Waals surface area (Å²) >= 11 is 6.70. The molecule has 1 aliphatic heterocycles. The first kappa shape index (κ1) is 35.8. The van der Waals surface area contributed by atoms with E-state index in [-0.39, 0.29) is 25.9 Å². The Kier molecular flexibility index (Phi) is 11.2. The van der Waals surface area contributed by atoms with E-state index in [2.05, 4.69) is 28.2 Å². The molecule has 258 valence electrons. The van der Waals surface area contributed by atoms with Crippen LogP contribution in [0.5, 0.6) is 11.5 Å². The summed E-state index contributed by atoms with van der Waals surface area (Å²) in [6.45, 7) is 9.43. The van der Waals surface area contributed by atoms with E-state index in [9.17, 15) is 25.4 Å². The zero-order valence-electron chi connectivity index (χ0n) is 28.0. The van der Waals surface area contributed by atoms with Crippen molar-refractivity contribution in [3.8, 4) is 23.3 Å². The third-order valence-corrected chi connectivity index (χ3v) is 9.29. The molecule has 4 N–H and O–H groups in total. The maximum absolute atomic E-state index is 11.8. The summed E-state index contributed by atoms with van der Waals surface area (Å²) in [4.78, 5) is 18.1. The number of carboxylic acids is 1. The summed E-state index contributed by atoms with van der Waals surface area (Å²) in [5, 5.41) is 46.6. The number of benzene rings is 2. The van der Waals surface area contributed by atoms with Crippen molar-refractivity contribution >= 4 is 17.6 Å². The molecule has 3 heterocycles. The Labute approximate surface area is 290 Å². The van der Waals surface area contributed by atoms with E-state index in [4.69, 9.17) is 26.2 Å². The summed E-state index contributed by atoms with van der Waals surface area (Å²) in [5.41, 5.74) is 6.02. The zero-order chi connectivity index (χ0) is 35.3. The summed E-state index contributed by atoms with van der Waals surface area (Å²) in [6, 6.07) is 13.0. The fourth-order valence-electron chi connectivity index (χ4n) is 5.77. The molecular weight excluding hydrogens is 648 g/mol. The molecule has 2 atom stereocenters. The van der Waals surface area contributed by atoms with Crippen LogP contribution in [0.15, 0.2) is 48.8 Å². The summed E-state index contributed by atoms with van der Waals surface area (Å²) in [5.74, 6) is -0.465. The second kappa shape index (κ2) is 15.4. The van der Waals surface area contributed by atoms with Crippen molar-refractivity contribution in [3.63, 3.8) is 0 Å². The van der Waals surface area contributed by atoms with E-state index in [1.165, 1.54) is 13.1 Å². The van der Waals surface area contributed by atoms with Crippen LogP contribution in [0.1, 0.15) is 58.1 Å². The number of aliphatic carboxylic acids is 1. The number of likely N-dealkylation sites (tertiary alicyclic amines) is 1. The van der Waals surface area contributed by atoms with Crippen molar-refractivity contribution in [2.24, 2.45) is 0 Å². The van der Waals surface area contributed by atoms with Gasteiger partial charge in [0.15, 0.2) is 0 Å². The van der Waals surface area contributed by atoms with Crippen LogP contribution in [-0.4, -0.2) is 72.3 Å². The molecule has 13 heteroatoms. The third kappa shape index (κ3) is 8.21. The van der Waals surface area contributed by atoms with Crippen molar-refractivity contribution in [2.45, 2.75) is 72.1 Å². The topological polar surface area (TPSA) is 166 Å². The van der Waals surface area contributed by atoms with Crippen molar-refractivity contribution in [1.82, 2.24) is 25.0 Å². The number of pyridine rings is 1. The van der Waals surface area contributed by atoms with Gasteiger partial charge >= 0.3 is 5.97 Å². The first-order valence-electron chi connectivity index (χ1n) is 16.0. The van der Waals surface area contributed by atoms with E-state index >= 15 is 0 Å². The minimum atomic E-state index is -1.59. The average Bonchev–Trinajstić information content (AvgIpc) is 3.63. The maximum Gasteiger partial charge on any atom is 0.326 e. The molecule has 4 aromatic rings. The van der Waals surface area contributed by atoms with Gasteiger partial charge in [-0.25, -0.2) is 4.68 Å². The van der Waals surface area contributed by atoms with Gasteiger partial charge in [-0.3, -0.25) is 20.0 Å². The molecule has 1 unspecified atom stereocenters. The number of nitriles is 1. The predicted octanol–water partition coefficient (Wildman–Crippen LogP) is 4.37. The molecule has 0 spiro atoms. The number of rotatable bonds is 14. The summed E-state index contributed by atoms with van der Waals surface area (Å²) in [6.07, 6.45) is 3.56. The van der Waals surface area contributed by atoms with Crippen LogP contribution in [0.4, 0.5) is 0 Å². The Morgan fingerprint density at radius 3 is 2.61 bits per heavy atom. The molecule has 0 radical (unpaired) electrons. The molecule has 0 saturated carbocycles. The largest absolute Gasteiger partial charge is 0.488 e. The number of carbonyl (C=O) groups is 1. The number of hydrogen-bond donors (Lipinski definition) is 4. The number of carboxylic acid groups (broad SMARTS) is 1. The van der Waals surface area contributed by atoms with Crippen LogP contribution in [-0.2, 0) is 31.1 Å². The van der Waals surface area contributed by atoms with Gasteiger partial charge in [-0.1, -0.05) is 23.7 Å². The smallest absolute Gasteiger partial charge is 0.326 e. The highest BCUT2D eigenvalue weighted by molar-refractivity contribution is 6.32. The van der Waals surface area contributed by atoms with Crippen molar-refractivity contribution in [3.05, 3.63) is 98.6 Å². The molecule has 0 aliphatic carbocycles. The second-order valence-electron chi connectivity index (χ2n) is 12.6. The molecule has 5 rings (SSSR count). The Morgan fingerprint density at radius 2 is 1.92 bits per heavy atom. The molecule has 49 heavy (non-hydrogen) atoms. The second-order valence-corrected chi connectivity index (χ2v) is 13.0. The van der Waals surface area contributed by atoms with E-state index in [0.29, 0.717) is 39.8 Å². The van der Waals surface area contributed by atoms with E-state index < -0.39 is 18.1 Å². The van der Waals surface area contributed by atoms with Crippen LogP contribution < -0.4 is 14.8 Å². The Bertz CT molecular complexity index is 1870. The molecule has 0 amide bonds. The summed E-state index contributed by atoms with van der Waals surface area (Å²) < 4.78 is 14.4. The van der Waals surface area contributed by atoms with E-state index in [1.54, 1.807) is 24.4 Å². The lowest BCUT2D eigenvalue weighted by molar-refractivity contribution is -0.145. The number of ether oxygens (including phenoxy) is 2. The van der Waals surface area contributed by atoms with Crippen LogP contribution in [0.3, 0.4) is 0 Å². The predicted molar refractivity (Wildman–Crippen MR) is 183 cm³/mol. The summed E-state index contributed by atoms with van der Waals surface area (Å²) in [7, 11) is 0. The number of nitrogens with one attached hydrogen (secondary N) is 1. The fraction of sp³-hybridized carbons (Fsp3) is 0.389. The van der Waals surface area contributed by atoms with Gasteiger partial charge < -0.3 is 24.8 Å². The Hall–Kier alpha value is -4.51. The molecule has 0 bridgehead atoms. The van der Waals surface area contributed by atoms with Crippen LogP contribution in [0.25, 0.3) is 5.69 Å². The molecule has 1 aliphatic rings. The monoisotopic (exact) mass is 688 g/mol. The highest BCUT2D eigenvalue weighted by Gasteiger charge is 2.32. The number of aryl methyl sites for hydroxylation is 1. The van der Waals surface area contributed by atoms with Gasteiger partial charge in [0.2, 0.25) is 0 Å². The Morgan fingerprint density at radius 1 is 1.14 bits per heavy atom. The minimum Gasteiger partial charge on any atom is -0.488 e. The first-order chi connectivity index (χ1) is 23.4. The number of nitrogens with zero attached hydrogens (tertiary/aromatic N) is 5. The fourth-order valence-corrected chi connectivity index (χ4v) is 6.01. The lowest BCUT2D eigenvalue weighted by Crippen LogP contribution is -2.52. The van der Waals surface area contributed by atoms with Gasteiger partial charge in [0, 0.05) is 67.0 Å². The van der Waals surface area contributed by atoms with Gasteiger partial charge in [0.05, 0.1) is 34.7 Å². The Balaban J connectivity index is 1.38. The van der Waals surface area contributed by atoms with E-state index in [1.807, 2.05) is 36.7 Å². The zero-order valence-corrected chi connectivity index (χ0v) is 28.8. The van der Waals surface area contributed by atoms with Gasteiger partial charge in [0.1, 0.15) is 36.3 Å². The van der Waals surface area contributed by atoms with Crippen molar-refractivity contribution < 1.29 is 29.6 Å². The maximum atomic E-state index is 11.8. The number of halogens is 1. The molecule has 2 aromatic carbocycles. The first-order valence-corrected chi connectivity index (χ1v) is 16.4. The number of aliphatic hydroxyl groups is 2. The minimum absolute atomic E-state index is 0.0271. The molecule has 1 fully saturated rings. The lowest BCUT2D eigenvalue weighted by atomic mass is 10.0. The number of hydrogen-bond acceptors (Lipinski definition) is 10. The average molecular weight is 689 g/mol. The van der Waals surface area contributed by atoms with Gasteiger partial charge in [-0.05, 0) is 63.4 Å². The lowest BCUT2D eigenvalue weighted by Gasteiger charge is -2.25. The quantitative estimate of drug-likeness (QED) is 0.149. The number of aromatic nitrogens is 3. The number of aliphatic hydroxyl groups excluding tert-OH is 2. The molecule has 12 nitrogen and oxygen atoms in total. The van der Waals surface area contributed by atoms with Crippen molar-refractivity contribution in [1.29, 1.82) is 5.26 Å². The van der Waals surface area contributed by atoms with Crippen LogP contribution in [0, 0.1) is 32.1 Å².